The van der Waals surface area contributed by atoms with Crippen LogP contribution in [-0.2, 0) is 26.2 Å². The Morgan fingerprint density at radius 1 is 0.720 bits per heavy atom. The van der Waals surface area contributed by atoms with Crippen LogP contribution in [0.3, 0.4) is 0 Å². The van der Waals surface area contributed by atoms with Crippen LogP contribution in [0, 0.1) is 38.1 Å². The Balaban J connectivity index is 0.000000307. The van der Waals surface area contributed by atoms with Gasteiger partial charge in [0.1, 0.15) is 0 Å². The maximum absolute atomic E-state index is 2.99. The van der Waals surface area contributed by atoms with E-state index in [2.05, 4.69) is 62.4 Å². The summed E-state index contributed by atoms with van der Waals surface area (Å²) in [6, 6.07) is 21.7. The first-order chi connectivity index (χ1) is 11.8. The number of hydrogen-bond acceptors (Lipinski definition) is 0. The van der Waals surface area contributed by atoms with Crippen molar-refractivity contribution in [3.63, 3.8) is 0 Å². The van der Waals surface area contributed by atoms with Gasteiger partial charge in [-0.2, -0.15) is 83.9 Å². The molecular weight excluding hydrogens is 379 g/mol. The molecule has 0 bridgehead atoms. The van der Waals surface area contributed by atoms with E-state index in [1.807, 2.05) is 60.7 Å². The van der Waals surface area contributed by atoms with Gasteiger partial charge in [0.15, 0.2) is 0 Å². The van der Waals surface area contributed by atoms with Crippen LogP contribution in [0.1, 0.15) is 24.0 Å². The molecule has 25 heavy (non-hydrogen) atoms. The Hall–Kier alpha value is -1.72. The summed E-state index contributed by atoms with van der Waals surface area (Å²) in [6.45, 7) is 4.10. The summed E-state index contributed by atoms with van der Waals surface area (Å²) in [5.41, 5.74) is 2.53. The van der Waals surface area contributed by atoms with Crippen molar-refractivity contribution in [3.8, 4) is 0 Å². The third-order valence-corrected chi connectivity index (χ3v) is 2.90. The van der Waals surface area contributed by atoms with Crippen molar-refractivity contribution in [2.75, 3.05) is 0 Å². The monoisotopic (exact) mass is 402 g/mol. The second-order valence-corrected chi connectivity index (χ2v) is 5.17. The van der Waals surface area contributed by atoms with E-state index in [0.717, 1.165) is 12.8 Å². The van der Waals surface area contributed by atoms with Crippen molar-refractivity contribution < 1.29 is 26.2 Å². The first-order valence-electron chi connectivity index (χ1n) is 8.08. The molecule has 0 radical (unpaired) electrons. The SMILES string of the molecule is Cc1c[c-]ccc1.Cc1c[c-]ccc1.[C-]1=CC=CC1.[C-]1=CC=CC1.[Zr+4]. The summed E-state index contributed by atoms with van der Waals surface area (Å²) in [5, 5.41) is 0. The van der Waals surface area contributed by atoms with Crippen LogP contribution in [-0.4, -0.2) is 0 Å². The van der Waals surface area contributed by atoms with Gasteiger partial charge in [-0.05, 0) is 0 Å². The minimum atomic E-state index is 0. The first-order valence-corrected chi connectivity index (χ1v) is 8.08. The number of aryl methyl sites for hydroxylation is 2. The molecule has 0 N–H and O–H groups in total. The summed E-state index contributed by atoms with van der Waals surface area (Å²) < 4.78 is 0. The molecule has 0 aromatic heterocycles. The van der Waals surface area contributed by atoms with Gasteiger partial charge >= 0.3 is 26.2 Å². The van der Waals surface area contributed by atoms with Crippen LogP contribution in [0.4, 0.5) is 0 Å². The van der Waals surface area contributed by atoms with E-state index >= 15 is 0 Å². The second-order valence-electron chi connectivity index (χ2n) is 5.17. The smallest absolute Gasteiger partial charge is 0.273 e. The Labute approximate surface area is 172 Å². The molecule has 124 valence electrons. The molecule has 2 aromatic rings. The fourth-order valence-electron chi connectivity index (χ4n) is 1.65. The van der Waals surface area contributed by atoms with Crippen LogP contribution in [0.15, 0.2) is 85.0 Å². The zero-order valence-electron chi connectivity index (χ0n) is 15.0. The molecule has 0 unspecified atom stereocenters. The summed E-state index contributed by atoms with van der Waals surface area (Å²) >= 11 is 0. The fourth-order valence-corrected chi connectivity index (χ4v) is 1.65. The van der Waals surface area contributed by atoms with Gasteiger partial charge in [0, 0.05) is 0 Å². The standard InChI is InChI=1S/2C7H7.2C5H5.Zr/c2*1-7-5-3-2-4-6-7;2*1-2-4-5-3-1;/h2*2-3,5-6H,1H3;2*1-3H,4H2;/q4*-1;+4. The van der Waals surface area contributed by atoms with Crippen molar-refractivity contribution in [3.05, 3.63) is 120 Å². The molecule has 0 nitrogen and oxygen atoms in total. The van der Waals surface area contributed by atoms with Crippen molar-refractivity contribution >= 4 is 0 Å². The number of rotatable bonds is 0. The van der Waals surface area contributed by atoms with Gasteiger partial charge in [-0.25, -0.2) is 24.3 Å². The zero-order valence-corrected chi connectivity index (χ0v) is 17.5. The van der Waals surface area contributed by atoms with Crippen molar-refractivity contribution in [1.82, 2.24) is 0 Å². The molecule has 1 heteroatoms. The summed E-state index contributed by atoms with van der Waals surface area (Å²) in [6.07, 6.45) is 20.0. The molecule has 2 aliphatic rings. The zero-order chi connectivity index (χ0) is 17.3. The molecule has 0 aliphatic heterocycles. The average Bonchev–Trinajstić information content (AvgIpc) is 3.36. The van der Waals surface area contributed by atoms with Gasteiger partial charge in [0.2, 0.25) is 0 Å². The van der Waals surface area contributed by atoms with Gasteiger partial charge in [0.25, 0.3) is 0 Å². The minimum absolute atomic E-state index is 0. The Kier molecular flexibility index (Phi) is 15.9. The third-order valence-electron chi connectivity index (χ3n) is 2.90. The summed E-state index contributed by atoms with van der Waals surface area (Å²) in [4.78, 5) is 0. The van der Waals surface area contributed by atoms with E-state index in [4.69, 9.17) is 0 Å². The largest absolute Gasteiger partial charge is 4.00 e. The Morgan fingerprint density at radius 3 is 1.28 bits per heavy atom. The molecule has 0 saturated carbocycles. The number of allylic oxidation sites excluding steroid dienone is 8. The van der Waals surface area contributed by atoms with E-state index in [1.54, 1.807) is 0 Å². The number of hydrogen-bond donors (Lipinski definition) is 0. The van der Waals surface area contributed by atoms with E-state index in [-0.39, 0.29) is 26.2 Å². The van der Waals surface area contributed by atoms with Crippen molar-refractivity contribution in [2.45, 2.75) is 26.7 Å². The van der Waals surface area contributed by atoms with Crippen molar-refractivity contribution in [1.29, 1.82) is 0 Å². The quantitative estimate of drug-likeness (QED) is 0.459. The third kappa shape index (κ3) is 15.5. The maximum atomic E-state index is 2.99. The molecule has 0 amide bonds. The van der Waals surface area contributed by atoms with Crippen molar-refractivity contribution in [2.24, 2.45) is 0 Å². The molecule has 0 atom stereocenters. The van der Waals surface area contributed by atoms with Crippen LogP contribution >= 0.6 is 0 Å². The van der Waals surface area contributed by atoms with Crippen LogP contribution in [0.2, 0.25) is 0 Å². The van der Waals surface area contributed by atoms with Crippen LogP contribution in [0.25, 0.3) is 0 Å². The molecule has 0 saturated heterocycles. The summed E-state index contributed by atoms with van der Waals surface area (Å²) in [5.74, 6) is 0. The van der Waals surface area contributed by atoms with E-state index in [0.29, 0.717) is 0 Å². The van der Waals surface area contributed by atoms with E-state index in [9.17, 15) is 0 Å². The topological polar surface area (TPSA) is 0 Å². The van der Waals surface area contributed by atoms with Gasteiger partial charge < -0.3 is 0 Å². The fraction of sp³-hybridized carbons (Fsp3) is 0.167. The Bertz CT molecular complexity index is 555. The molecule has 0 spiro atoms. The molecule has 2 aromatic carbocycles. The average molecular weight is 404 g/mol. The molecule has 0 fully saturated rings. The molecule has 2 aliphatic carbocycles. The molecule has 0 heterocycles. The maximum Gasteiger partial charge on any atom is 4.00 e. The van der Waals surface area contributed by atoms with Gasteiger partial charge in [-0.3, -0.25) is 12.2 Å². The normalized spacial score (nSPS) is 11.9. The predicted molar refractivity (Wildman–Crippen MR) is 103 cm³/mol. The second kappa shape index (κ2) is 17.1. The molecule has 4 rings (SSSR count). The Morgan fingerprint density at radius 2 is 1.16 bits per heavy atom. The van der Waals surface area contributed by atoms with E-state index in [1.165, 1.54) is 11.1 Å². The van der Waals surface area contributed by atoms with E-state index < -0.39 is 0 Å². The van der Waals surface area contributed by atoms with Crippen LogP contribution < -0.4 is 0 Å². The van der Waals surface area contributed by atoms with Crippen LogP contribution in [0.5, 0.6) is 0 Å². The molecular formula is C24H24Zr. The van der Waals surface area contributed by atoms with Gasteiger partial charge in [-0.15, -0.1) is 12.8 Å². The first kappa shape index (κ1) is 23.3. The predicted octanol–water partition coefficient (Wildman–Crippen LogP) is 6.20. The summed E-state index contributed by atoms with van der Waals surface area (Å²) in [7, 11) is 0. The minimum Gasteiger partial charge on any atom is -0.273 e. The van der Waals surface area contributed by atoms with Gasteiger partial charge in [0.05, 0.1) is 0 Å². The number of benzene rings is 2. The van der Waals surface area contributed by atoms with Gasteiger partial charge in [-0.1, -0.05) is 13.8 Å².